The number of allylic oxidation sites excluding steroid dienone is 2. The van der Waals surface area contributed by atoms with Crippen LogP contribution in [0.1, 0.15) is 13.8 Å². The molecule has 2 atom stereocenters. The quantitative estimate of drug-likeness (QED) is 0.438. The first-order valence-electron chi connectivity index (χ1n) is 5.22. The summed E-state index contributed by atoms with van der Waals surface area (Å²) in [5.74, 6) is 0.0156. The summed E-state index contributed by atoms with van der Waals surface area (Å²) in [4.78, 5) is 23.3. The van der Waals surface area contributed by atoms with E-state index in [4.69, 9.17) is 4.74 Å². The molecule has 0 aromatic rings. The summed E-state index contributed by atoms with van der Waals surface area (Å²) in [5, 5.41) is 0. The molecule has 1 aliphatic heterocycles. The van der Waals surface area contributed by atoms with Gasteiger partial charge in [-0.15, -0.1) is 0 Å². The van der Waals surface area contributed by atoms with Crippen molar-refractivity contribution in [2.24, 2.45) is 22.7 Å². The molecule has 0 bridgehead atoms. The number of hydrogen-bond donors (Lipinski definition) is 0. The zero-order valence-electron chi connectivity index (χ0n) is 8.53. The van der Waals surface area contributed by atoms with Crippen LogP contribution in [0.5, 0.6) is 0 Å². The first kappa shape index (κ1) is 7.85. The van der Waals surface area contributed by atoms with Gasteiger partial charge in [0.1, 0.15) is 0 Å². The smallest absolute Gasteiger partial charge is 0.342 e. The molecule has 3 nitrogen and oxygen atoms in total. The normalized spacial score (nSPS) is 53.5. The lowest BCUT2D eigenvalue weighted by molar-refractivity contribution is -0.158. The number of cyclic esters (lactones) is 2. The fourth-order valence-corrected chi connectivity index (χ4v) is 3.96. The van der Waals surface area contributed by atoms with Crippen LogP contribution in [0.2, 0.25) is 0 Å². The molecule has 4 rings (SSSR count). The highest BCUT2D eigenvalue weighted by Gasteiger charge is 2.79. The van der Waals surface area contributed by atoms with Gasteiger partial charge < -0.3 is 4.74 Å². The van der Waals surface area contributed by atoms with Gasteiger partial charge in [0.2, 0.25) is 0 Å². The summed E-state index contributed by atoms with van der Waals surface area (Å²) in [5.41, 5.74) is 1.12. The van der Waals surface area contributed by atoms with Crippen LogP contribution < -0.4 is 0 Å². The van der Waals surface area contributed by atoms with Crippen LogP contribution in [0, 0.1) is 22.7 Å². The summed E-state index contributed by atoms with van der Waals surface area (Å²) in [6.45, 7) is 4.18. The maximum atomic E-state index is 11.6. The molecule has 0 aromatic carbocycles. The van der Waals surface area contributed by atoms with Crippen LogP contribution in [0.25, 0.3) is 0 Å². The number of carbonyl (C=O) groups is 2. The zero-order valence-corrected chi connectivity index (χ0v) is 8.53. The van der Waals surface area contributed by atoms with Crippen molar-refractivity contribution in [3.63, 3.8) is 0 Å². The highest BCUT2D eigenvalue weighted by molar-refractivity contribution is 6.11. The molecule has 4 aliphatic rings. The van der Waals surface area contributed by atoms with E-state index in [9.17, 15) is 9.59 Å². The highest BCUT2D eigenvalue weighted by atomic mass is 16.6. The van der Waals surface area contributed by atoms with Crippen molar-refractivity contribution >= 4 is 11.9 Å². The summed E-state index contributed by atoms with van der Waals surface area (Å²) in [6, 6.07) is 0. The SMILES string of the molecule is CC12C3=CC4C(C=C1C(=O)OC3=O)C42C. The number of ether oxygens (including phenoxy) is 1. The lowest BCUT2D eigenvalue weighted by Crippen LogP contribution is -2.40. The van der Waals surface area contributed by atoms with Gasteiger partial charge in [0, 0.05) is 16.6 Å². The molecular formula is C12H10O3. The van der Waals surface area contributed by atoms with Crippen molar-refractivity contribution in [2.75, 3.05) is 0 Å². The second-order valence-corrected chi connectivity index (χ2v) is 5.30. The molecule has 2 fully saturated rings. The van der Waals surface area contributed by atoms with Crippen molar-refractivity contribution in [3.8, 4) is 0 Å². The van der Waals surface area contributed by atoms with Crippen LogP contribution in [-0.4, -0.2) is 11.9 Å². The number of esters is 2. The molecule has 3 aliphatic carbocycles. The molecule has 3 heteroatoms. The van der Waals surface area contributed by atoms with Crippen LogP contribution in [0.4, 0.5) is 0 Å². The van der Waals surface area contributed by atoms with Crippen molar-refractivity contribution < 1.29 is 14.3 Å². The van der Waals surface area contributed by atoms with Gasteiger partial charge in [0.25, 0.3) is 0 Å². The third-order valence-electron chi connectivity index (χ3n) is 5.14. The van der Waals surface area contributed by atoms with Gasteiger partial charge in [-0.25, -0.2) is 9.59 Å². The van der Waals surface area contributed by atoms with Gasteiger partial charge in [-0.3, -0.25) is 0 Å². The van der Waals surface area contributed by atoms with Gasteiger partial charge in [-0.1, -0.05) is 26.0 Å². The van der Waals surface area contributed by atoms with E-state index in [0.717, 1.165) is 0 Å². The summed E-state index contributed by atoms with van der Waals surface area (Å²) >= 11 is 0. The lowest BCUT2D eigenvalue weighted by atomic mass is 9.68. The van der Waals surface area contributed by atoms with Crippen LogP contribution in [-0.2, 0) is 14.3 Å². The van der Waals surface area contributed by atoms with Crippen LogP contribution >= 0.6 is 0 Å². The van der Waals surface area contributed by atoms with Crippen molar-refractivity contribution in [1.82, 2.24) is 0 Å². The molecule has 0 amide bonds. The second-order valence-electron chi connectivity index (χ2n) is 5.30. The average Bonchev–Trinajstić information content (AvgIpc) is 2.57. The monoisotopic (exact) mass is 202 g/mol. The summed E-state index contributed by atoms with van der Waals surface area (Å²) in [7, 11) is 0. The molecule has 1 saturated carbocycles. The minimum absolute atomic E-state index is 0.0762. The zero-order chi connectivity index (χ0) is 10.6. The molecule has 0 aromatic heterocycles. The summed E-state index contributed by atoms with van der Waals surface area (Å²) < 4.78 is 4.74. The van der Waals surface area contributed by atoms with Crippen LogP contribution in [0.15, 0.2) is 23.3 Å². The second kappa shape index (κ2) is 1.70. The van der Waals surface area contributed by atoms with Gasteiger partial charge in [-0.2, -0.15) is 0 Å². The Balaban J connectivity index is 2.06. The number of carbonyl (C=O) groups excluding carboxylic acids is 2. The Morgan fingerprint density at radius 1 is 1.07 bits per heavy atom. The van der Waals surface area contributed by atoms with E-state index in [2.05, 4.69) is 6.92 Å². The average molecular weight is 202 g/mol. The Hall–Kier alpha value is -1.38. The highest BCUT2D eigenvalue weighted by Crippen LogP contribution is 2.82. The molecule has 1 heterocycles. The maximum Gasteiger partial charge on any atom is 0.342 e. The molecule has 76 valence electrons. The van der Waals surface area contributed by atoms with Gasteiger partial charge in [-0.05, 0) is 17.3 Å². The van der Waals surface area contributed by atoms with E-state index >= 15 is 0 Å². The summed E-state index contributed by atoms with van der Waals surface area (Å²) in [6.07, 6.45) is 4.03. The van der Waals surface area contributed by atoms with E-state index in [0.29, 0.717) is 23.0 Å². The number of hydrogen-bond acceptors (Lipinski definition) is 3. The lowest BCUT2D eigenvalue weighted by Gasteiger charge is -2.36. The topological polar surface area (TPSA) is 43.4 Å². The fourth-order valence-electron chi connectivity index (χ4n) is 3.96. The Bertz CT molecular complexity index is 471. The molecule has 0 spiro atoms. The van der Waals surface area contributed by atoms with E-state index in [1.807, 2.05) is 19.1 Å². The first-order chi connectivity index (χ1) is 7.01. The molecule has 1 saturated heterocycles. The minimum atomic E-state index is -0.436. The van der Waals surface area contributed by atoms with Crippen molar-refractivity contribution in [1.29, 1.82) is 0 Å². The largest absolute Gasteiger partial charge is 0.386 e. The van der Waals surface area contributed by atoms with Gasteiger partial charge in [0.15, 0.2) is 0 Å². The van der Waals surface area contributed by atoms with Crippen molar-refractivity contribution in [3.05, 3.63) is 23.3 Å². The number of fused-ring (bicyclic) bond motifs is 1. The third-order valence-corrected chi connectivity index (χ3v) is 5.14. The minimum Gasteiger partial charge on any atom is -0.386 e. The Labute approximate surface area is 86.8 Å². The molecular weight excluding hydrogens is 192 g/mol. The predicted molar refractivity (Wildman–Crippen MR) is 50.5 cm³/mol. The predicted octanol–water partition coefficient (Wildman–Crippen LogP) is 1.21. The van der Waals surface area contributed by atoms with Crippen molar-refractivity contribution in [2.45, 2.75) is 13.8 Å². The van der Waals surface area contributed by atoms with Gasteiger partial charge >= 0.3 is 11.9 Å². The van der Waals surface area contributed by atoms with Crippen LogP contribution in [0.3, 0.4) is 0 Å². The number of rotatable bonds is 0. The molecule has 0 radical (unpaired) electrons. The maximum absolute atomic E-state index is 11.6. The van der Waals surface area contributed by atoms with E-state index < -0.39 is 11.9 Å². The standard InChI is InChI=1S/C12H10O3/c1-11-5-3-7-9(13)15-10(14)8(4-6(5)11)12(7,11)2/h3-6H,1-2H3. The fraction of sp³-hybridized carbons (Fsp3) is 0.500. The third kappa shape index (κ3) is 0.495. The molecule has 15 heavy (non-hydrogen) atoms. The first-order valence-corrected chi connectivity index (χ1v) is 5.22. The Morgan fingerprint density at radius 2 is 1.53 bits per heavy atom. The van der Waals surface area contributed by atoms with E-state index in [1.54, 1.807) is 0 Å². The Kier molecular flexibility index (Phi) is 0.892. The molecule has 0 N–H and O–H groups in total. The molecule has 2 unspecified atom stereocenters. The Morgan fingerprint density at radius 3 is 2.00 bits per heavy atom. The van der Waals surface area contributed by atoms with Gasteiger partial charge in [0.05, 0.1) is 0 Å². The van der Waals surface area contributed by atoms with E-state index in [1.165, 1.54) is 0 Å². The van der Waals surface area contributed by atoms with E-state index in [-0.39, 0.29) is 10.8 Å².